The Labute approximate surface area is 176 Å². The molecule has 1 aromatic carbocycles. The van der Waals surface area contributed by atoms with E-state index in [9.17, 15) is 14.7 Å². The molecule has 162 valence electrons. The summed E-state index contributed by atoms with van der Waals surface area (Å²) in [5.41, 5.74) is 4.19. The SMILES string of the molecule is Cc1cc2nc(C)n(CC(=O)N[C@@H]3CCC[C@@H](N4CCNC(=O)C4)[C@@H]3O)c2cc1C. The zero-order valence-electron chi connectivity index (χ0n) is 17.9. The Kier molecular flexibility index (Phi) is 5.79. The van der Waals surface area contributed by atoms with Crippen molar-refractivity contribution in [3.05, 3.63) is 29.1 Å². The van der Waals surface area contributed by atoms with Gasteiger partial charge in [0.05, 0.1) is 29.7 Å². The van der Waals surface area contributed by atoms with Crippen molar-refractivity contribution in [1.82, 2.24) is 25.1 Å². The number of piperazine rings is 1. The van der Waals surface area contributed by atoms with E-state index in [2.05, 4.69) is 41.6 Å². The van der Waals surface area contributed by atoms with Gasteiger partial charge in [0.1, 0.15) is 12.4 Å². The van der Waals surface area contributed by atoms with Crippen molar-refractivity contribution in [2.24, 2.45) is 0 Å². The second kappa shape index (κ2) is 8.35. The number of aliphatic hydroxyl groups excluding tert-OH is 1. The van der Waals surface area contributed by atoms with E-state index in [0.29, 0.717) is 13.1 Å². The standard InChI is InChI=1S/C22H31N5O3/c1-13-9-17-19(10-14(13)2)27(15(3)24-17)12-21(29)25-16-5-4-6-18(22(16)30)26-8-7-23-20(28)11-26/h9-10,16,18,22,30H,4-8,11-12H2,1-3H3,(H,23,28)(H,25,29)/t16-,18-,22-/m1/s1. The van der Waals surface area contributed by atoms with Gasteiger partial charge in [-0.3, -0.25) is 14.5 Å². The fourth-order valence-corrected chi connectivity index (χ4v) is 4.75. The number of aliphatic hydroxyl groups is 1. The zero-order chi connectivity index (χ0) is 21.4. The summed E-state index contributed by atoms with van der Waals surface area (Å²) in [6.07, 6.45) is 1.81. The number of benzene rings is 1. The minimum absolute atomic E-state index is 0.00685. The normalized spacial score (nSPS) is 25.3. The molecule has 3 N–H and O–H groups in total. The molecule has 1 aliphatic heterocycles. The highest BCUT2D eigenvalue weighted by Gasteiger charge is 2.37. The minimum Gasteiger partial charge on any atom is -0.389 e. The Hall–Kier alpha value is -2.45. The average molecular weight is 414 g/mol. The van der Waals surface area contributed by atoms with E-state index in [-0.39, 0.29) is 30.4 Å². The lowest BCUT2D eigenvalue weighted by Crippen LogP contribution is -2.61. The van der Waals surface area contributed by atoms with Gasteiger partial charge in [-0.1, -0.05) is 0 Å². The maximum atomic E-state index is 12.9. The number of nitrogens with one attached hydrogen (secondary N) is 2. The number of imidazole rings is 1. The molecule has 1 aliphatic carbocycles. The topological polar surface area (TPSA) is 99.5 Å². The largest absolute Gasteiger partial charge is 0.389 e. The van der Waals surface area contributed by atoms with Crippen LogP contribution in [0.15, 0.2) is 12.1 Å². The van der Waals surface area contributed by atoms with Crippen LogP contribution in [0.1, 0.15) is 36.2 Å². The Bertz CT molecular complexity index is 969. The van der Waals surface area contributed by atoms with E-state index in [4.69, 9.17) is 0 Å². The molecule has 0 radical (unpaired) electrons. The van der Waals surface area contributed by atoms with Crippen molar-refractivity contribution < 1.29 is 14.7 Å². The van der Waals surface area contributed by atoms with Crippen molar-refractivity contribution >= 4 is 22.8 Å². The van der Waals surface area contributed by atoms with Crippen molar-refractivity contribution in [2.45, 2.75) is 64.8 Å². The number of hydrogen-bond donors (Lipinski definition) is 3. The first-order chi connectivity index (χ1) is 14.3. The van der Waals surface area contributed by atoms with Crippen molar-refractivity contribution in [2.75, 3.05) is 19.6 Å². The minimum atomic E-state index is -0.681. The van der Waals surface area contributed by atoms with Crippen LogP contribution < -0.4 is 10.6 Å². The molecule has 0 unspecified atom stereocenters. The molecule has 2 fully saturated rings. The number of carbonyl (C=O) groups is 2. The van der Waals surface area contributed by atoms with Gasteiger partial charge in [0.25, 0.3) is 0 Å². The first-order valence-corrected chi connectivity index (χ1v) is 10.8. The quantitative estimate of drug-likeness (QED) is 0.688. The monoisotopic (exact) mass is 413 g/mol. The Morgan fingerprint density at radius 2 is 2.03 bits per heavy atom. The van der Waals surface area contributed by atoms with Crippen LogP contribution >= 0.6 is 0 Å². The molecule has 0 bridgehead atoms. The van der Waals surface area contributed by atoms with Crippen LogP contribution in [0.5, 0.6) is 0 Å². The number of aromatic nitrogens is 2. The van der Waals surface area contributed by atoms with E-state index in [1.807, 2.05) is 16.4 Å². The fraction of sp³-hybridized carbons (Fsp3) is 0.591. The van der Waals surface area contributed by atoms with Crippen molar-refractivity contribution in [1.29, 1.82) is 0 Å². The van der Waals surface area contributed by atoms with Crippen molar-refractivity contribution in [3.63, 3.8) is 0 Å². The van der Waals surface area contributed by atoms with Gasteiger partial charge >= 0.3 is 0 Å². The molecule has 8 heteroatoms. The molecular weight excluding hydrogens is 382 g/mol. The smallest absolute Gasteiger partial charge is 0.240 e. The van der Waals surface area contributed by atoms with E-state index in [1.54, 1.807) is 0 Å². The fourth-order valence-electron chi connectivity index (χ4n) is 4.75. The van der Waals surface area contributed by atoms with Gasteiger partial charge in [0.2, 0.25) is 11.8 Å². The number of fused-ring (bicyclic) bond motifs is 1. The number of nitrogens with zero attached hydrogens (tertiary/aromatic N) is 3. The highest BCUT2D eigenvalue weighted by Crippen LogP contribution is 2.25. The van der Waals surface area contributed by atoms with E-state index >= 15 is 0 Å². The maximum Gasteiger partial charge on any atom is 0.240 e. The summed E-state index contributed by atoms with van der Waals surface area (Å²) in [6.45, 7) is 7.83. The molecule has 2 aliphatic rings. The molecule has 3 atom stereocenters. The summed E-state index contributed by atoms with van der Waals surface area (Å²) in [7, 11) is 0. The van der Waals surface area contributed by atoms with Crippen LogP contribution in [-0.4, -0.2) is 69.2 Å². The van der Waals surface area contributed by atoms with E-state index in [0.717, 1.165) is 42.7 Å². The van der Waals surface area contributed by atoms with Crippen LogP contribution in [-0.2, 0) is 16.1 Å². The molecule has 2 amide bonds. The summed E-state index contributed by atoms with van der Waals surface area (Å²) >= 11 is 0. The van der Waals surface area contributed by atoms with Gasteiger partial charge in [0, 0.05) is 19.1 Å². The highest BCUT2D eigenvalue weighted by molar-refractivity contribution is 5.82. The lowest BCUT2D eigenvalue weighted by Gasteiger charge is -2.42. The van der Waals surface area contributed by atoms with Crippen molar-refractivity contribution in [3.8, 4) is 0 Å². The molecule has 1 saturated heterocycles. The molecule has 1 saturated carbocycles. The first kappa shape index (κ1) is 20.8. The van der Waals surface area contributed by atoms with Crippen LogP contribution in [0.2, 0.25) is 0 Å². The molecule has 30 heavy (non-hydrogen) atoms. The van der Waals surface area contributed by atoms with Gasteiger partial charge in [-0.25, -0.2) is 4.98 Å². The third-order valence-corrected chi connectivity index (χ3v) is 6.56. The predicted octanol–water partition coefficient (Wildman–Crippen LogP) is 0.792. The number of carbonyl (C=O) groups excluding carboxylic acids is 2. The Morgan fingerprint density at radius 3 is 2.80 bits per heavy atom. The third-order valence-electron chi connectivity index (χ3n) is 6.56. The van der Waals surface area contributed by atoms with E-state index < -0.39 is 6.10 Å². The molecule has 1 aromatic heterocycles. The predicted molar refractivity (Wildman–Crippen MR) is 114 cm³/mol. The second-order valence-electron chi connectivity index (χ2n) is 8.65. The van der Waals surface area contributed by atoms with Gasteiger partial charge in [-0.2, -0.15) is 0 Å². The Balaban J connectivity index is 1.45. The lowest BCUT2D eigenvalue weighted by atomic mass is 9.86. The summed E-state index contributed by atoms with van der Waals surface area (Å²) in [4.78, 5) is 31.2. The lowest BCUT2D eigenvalue weighted by molar-refractivity contribution is -0.129. The van der Waals surface area contributed by atoms with Gasteiger partial charge in [-0.05, 0) is 63.3 Å². The van der Waals surface area contributed by atoms with Crippen LogP contribution in [0, 0.1) is 20.8 Å². The first-order valence-electron chi connectivity index (χ1n) is 10.8. The van der Waals surface area contributed by atoms with Crippen LogP contribution in [0.3, 0.4) is 0 Å². The third kappa shape index (κ3) is 4.06. The molecule has 2 aromatic rings. The second-order valence-corrected chi connectivity index (χ2v) is 8.65. The summed E-state index contributed by atoms with van der Waals surface area (Å²) in [6, 6.07) is 3.72. The molecular formula is C22H31N5O3. The molecule has 2 heterocycles. The maximum absolute atomic E-state index is 12.9. The number of hydrogen-bond acceptors (Lipinski definition) is 5. The van der Waals surface area contributed by atoms with Gasteiger partial charge in [-0.15, -0.1) is 0 Å². The zero-order valence-corrected chi connectivity index (χ0v) is 17.9. The molecule has 8 nitrogen and oxygen atoms in total. The van der Waals surface area contributed by atoms with Gasteiger partial charge < -0.3 is 20.3 Å². The van der Waals surface area contributed by atoms with Crippen LogP contribution in [0.25, 0.3) is 11.0 Å². The molecule has 4 rings (SSSR count). The number of rotatable bonds is 4. The van der Waals surface area contributed by atoms with Crippen LogP contribution in [0.4, 0.5) is 0 Å². The molecule has 0 spiro atoms. The number of amides is 2. The summed E-state index contributed by atoms with van der Waals surface area (Å²) < 4.78 is 1.93. The number of aryl methyl sites for hydroxylation is 3. The van der Waals surface area contributed by atoms with Gasteiger partial charge in [0.15, 0.2) is 0 Å². The summed E-state index contributed by atoms with van der Waals surface area (Å²) in [5, 5.41) is 16.8. The Morgan fingerprint density at radius 1 is 1.27 bits per heavy atom. The van der Waals surface area contributed by atoms with E-state index in [1.165, 1.54) is 11.1 Å². The highest BCUT2D eigenvalue weighted by atomic mass is 16.3. The average Bonchev–Trinajstić information content (AvgIpc) is 2.98. The summed E-state index contributed by atoms with van der Waals surface area (Å²) in [5.74, 6) is 0.663.